The highest BCUT2D eigenvalue weighted by molar-refractivity contribution is 5.34. The molecule has 1 aliphatic rings. The second-order valence-electron chi connectivity index (χ2n) is 5.55. The maximum Gasteiger partial charge on any atom is 0.269 e. The van der Waals surface area contributed by atoms with Gasteiger partial charge in [-0.25, -0.2) is 0 Å². The molecule has 98 valence electrons. The number of rotatable bonds is 6. The van der Waals surface area contributed by atoms with Gasteiger partial charge < -0.3 is 5.32 Å². The van der Waals surface area contributed by atoms with Crippen LogP contribution in [0.5, 0.6) is 0 Å². The first-order valence-electron chi connectivity index (χ1n) is 6.47. The average molecular weight is 248 g/mol. The highest BCUT2D eigenvalue weighted by atomic mass is 16.6. The zero-order chi connectivity index (χ0) is 13.2. The van der Waals surface area contributed by atoms with E-state index >= 15 is 0 Å². The van der Waals surface area contributed by atoms with E-state index in [1.807, 2.05) is 6.07 Å². The van der Waals surface area contributed by atoms with Crippen LogP contribution in [0.15, 0.2) is 24.3 Å². The molecule has 1 fully saturated rings. The summed E-state index contributed by atoms with van der Waals surface area (Å²) < 4.78 is 0. The van der Waals surface area contributed by atoms with Gasteiger partial charge in [-0.05, 0) is 29.7 Å². The van der Waals surface area contributed by atoms with Crippen molar-refractivity contribution in [1.29, 1.82) is 0 Å². The molecular weight excluding hydrogens is 228 g/mol. The van der Waals surface area contributed by atoms with Crippen molar-refractivity contribution in [2.45, 2.75) is 33.2 Å². The molecule has 0 unspecified atom stereocenters. The first kappa shape index (κ1) is 13.0. The second-order valence-corrected chi connectivity index (χ2v) is 5.55. The molecule has 0 radical (unpaired) electrons. The number of non-ortho nitro benzene ring substituents is 1. The van der Waals surface area contributed by atoms with Gasteiger partial charge >= 0.3 is 0 Å². The van der Waals surface area contributed by atoms with Crippen molar-refractivity contribution in [2.75, 3.05) is 6.54 Å². The van der Waals surface area contributed by atoms with Crippen molar-refractivity contribution < 1.29 is 4.92 Å². The fraction of sp³-hybridized carbons (Fsp3) is 0.571. The molecule has 1 aromatic rings. The summed E-state index contributed by atoms with van der Waals surface area (Å²) in [5.41, 5.74) is 1.61. The number of nitrogens with one attached hydrogen (secondary N) is 1. The predicted octanol–water partition coefficient (Wildman–Crippen LogP) is 3.12. The summed E-state index contributed by atoms with van der Waals surface area (Å²) in [5.74, 6) is 0.704. The van der Waals surface area contributed by atoms with Crippen molar-refractivity contribution in [3.8, 4) is 0 Å². The number of hydrogen-bond donors (Lipinski definition) is 1. The van der Waals surface area contributed by atoms with Crippen LogP contribution in [-0.4, -0.2) is 11.5 Å². The number of nitrogens with zero attached hydrogens (tertiary/aromatic N) is 1. The van der Waals surface area contributed by atoms with Crippen LogP contribution in [0.1, 0.15) is 32.3 Å². The van der Waals surface area contributed by atoms with Gasteiger partial charge in [-0.1, -0.05) is 26.0 Å². The summed E-state index contributed by atoms with van der Waals surface area (Å²) in [6, 6.07) is 6.83. The Bertz CT molecular complexity index is 439. The molecule has 0 atom stereocenters. The fourth-order valence-electron chi connectivity index (χ4n) is 2.35. The molecule has 4 nitrogen and oxygen atoms in total. The van der Waals surface area contributed by atoms with Crippen molar-refractivity contribution >= 4 is 5.69 Å². The minimum atomic E-state index is -0.347. The molecule has 0 spiro atoms. The van der Waals surface area contributed by atoms with Crippen LogP contribution in [0.2, 0.25) is 0 Å². The molecule has 0 bridgehead atoms. The molecule has 0 amide bonds. The Kier molecular flexibility index (Phi) is 3.66. The highest BCUT2D eigenvalue weighted by Gasteiger charge is 2.44. The lowest BCUT2D eigenvalue weighted by Crippen LogP contribution is -2.27. The van der Waals surface area contributed by atoms with E-state index in [4.69, 9.17) is 0 Å². The molecular formula is C14H20N2O2. The Morgan fingerprint density at radius 2 is 2.17 bits per heavy atom. The highest BCUT2D eigenvalue weighted by Crippen LogP contribution is 2.51. The molecule has 0 heterocycles. The van der Waals surface area contributed by atoms with Crippen LogP contribution < -0.4 is 5.32 Å². The lowest BCUT2D eigenvalue weighted by molar-refractivity contribution is -0.384. The van der Waals surface area contributed by atoms with Crippen LogP contribution in [0.4, 0.5) is 5.69 Å². The lowest BCUT2D eigenvalue weighted by atomic mass is 9.92. The van der Waals surface area contributed by atoms with Crippen LogP contribution in [-0.2, 0) is 6.54 Å². The maximum absolute atomic E-state index is 10.7. The Morgan fingerprint density at radius 3 is 2.72 bits per heavy atom. The number of nitro groups is 1. The van der Waals surface area contributed by atoms with Crippen LogP contribution >= 0.6 is 0 Å². The quantitative estimate of drug-likeness (QED) is 0.621. The molecule has 0 aliphatic heterocycles. The van der Waals surface area contributed by atoms with Gasteiger partial charge in [0.05, 0.1) is 4.92 Å². The maximum atomic E-state index is 10.7. The summed E-state index contributed by atoms with van der Waals surface area (Å²) in [7, 11) is 0. The van der Waals surface area contributed by atoms with E-state index in [-0.39, 0.29) is 10.6 Å². The van der Waals surface area contributed by atoms with Gasteiger partial charge in [-0.3, -0.25) is 10.1 Å². The van der Waals surface area contributed by atoms with Crippen molar-refractivity contribution in [3.63, 3.8) is 0 Å². The SMILES string of the molecule is CC(C)C1(CNCc2cccc([N+](=O)[O-])c2)CC1. The van der Waals surface area contributed by atoms with Gasteiger partial charge in [0.25, 0.3) is 5.69 Å². The number of benzene rings is 1. The van der Waals surface area contributed by atoms with E-state index in [1.54, 1.807) is 12.1 Å². The molecule has 1 aliphatic carbocycles. The molecule has 18 heavy (non-hydrogen) atoms. The average Bonchev–Trinajstić information content (AvgIpc) is 3.10. The normalized spacial score (nSPS) is 16.8. The molecule has 1 aromatic carbocycles. The Labute approximate surface area is 108 Å². The summed E-state index contributed by atoms with van der Waals surface area (Å²) in [4.78, 5) is 10.3. The second kappa shape index (κ2) is 5.06. The Hall–Kier alpha value is -1.42. The Balaban J connectivity index is 1.87. The molecule has 1 saturated carbocycles. The molecule has 4 heteroatoms. The molecule has 1 N–H and O–H groups in total. The molecule has 0 saturated heterocycles. The third-order valence-corrected chi connectivity index (χ3v) is 4.04. The van der Waals surface area contributed by atoms with Crippen LogP contribution in [0, 0.1) is 21.4 Å². The first-order chi connectivity index (χ1) is 8.53. The van der Waals surface area contributed by atoms with Crippen molar-refractivity contribution in [1.82, 2.24) is 5.32 Å². The standard InChI is InChI=1S/C14H20N2O2/c1-11(2)14(6-7-14)10-15-9-12-4-3-5-13(8-12)16(17)18/h3-5,8,11,15H,6-7,9-10H2,1-2H3. The van der Waals surface area contributed by atoms with Gasteiger partial charge in [-0.2, -0.15) is 0 Å². The van der Waals surface area contributed by atoms with Crippen LogP contribution in [0.25, 0.3) is 0 Å². The van der Waals surface area contributed by atoms with E-state index in [9.17, 15) is 10.1 Å². The topological polar surface area (TPSA) is 55.2 Å². The predicted molar refractivity (Wildman–Crippen MR) is 71.3 cm³/mol. The lowest BCUT2D eigenvalue weighted by Gasteiger charge is -2.20. The zero-order valence-electron chi connectivity index (χ0n) is 11.0. The summed E-state index contributed by atoms with van der Waals surface area (Å²) >= 11 is 0. The smallest absolute Gasteiger partial charge is 0.269 e. The summed E-state index contributed by atoms with van der Waals surface area (Å²) in [5, 5.41) is 14.1. The summed E-state index contributed by atoms with van der Waals surface area (Å²) in [6.45, 7) is 6.24. The monoisotopic (exact) mass is 248 g/mol. The molecule has 2 rings (SSSR count). The third-order valence-electron chi connectivity index (χ3n) is 4.04. The van der Waals surface area contributed by atoms with Gasteiger partial charge in [0, 0.05) is 25.2 Å². The van der Waals surface area contributed by atoms with Gasteiger partial charge in [-0.15, -0.1) is 0 Å². The van der Waals surface area contributed by atoms with Crippen LogP contribution in [0.3, 0.4) is 0 Å². The zero-order valence-corrected chi connectivity index (χ0v) is 11.0. The number of hydrogen-bond acceptors (Lipinski definition) is 3. The van der Waals surface area contributed by atoms with Gasteiger partial charge in [0.1, 0.15) is 0 Å². The van der Waals surface area contributed by atoms with E-state index in [2.05, 4.69) is 19.2 Å². The number of nitro benzene ring substituents is 1. The largest absolute Gasteiger partial charge is 0.312 e. The molecule has 0 aromatic heterocycles. The van der Waals surface area contributed by atoms with Crippen molar-refractivity contribution in [2.24, 2.45) is 11.3 Å². The van der Waals surface area contributed by atoms with E-state index < -0.39 is 0 Å². The van der Waals surface area contributed by atoms with E-state index in [0.29, 0.717) is 17.9 Å². The van der Waals surface area contributed by atoms with Gasteiger partial charge in [0.2, 0.25) is 0 Å². The summed E-state index contributed by atoms with van der Waals surface area (Å²) in [6.07, 6.45) is 2.60. The Morgan fingerprint density at radius 1 is 1.44 bits per heavy atom. The third kappa shape index (κ3) is 2.88. The minimum absolute atomic E-state index is 0.166. The first-order valence-corrected chi connectivity index (χ1v) is 6.47. The fourth-order valence-corrected chi connectivity index (χ4v) is 2.35. The van der Waals surface area contributed by atoms with Crippen molar-refractivity contribution in [3.05, 3.63) is 39.9 Å². The van der Waals surface area contributed by atoms with E-state index in [0.717, 1.165) is 12.1 Å². The van der Waals surface area contributed by atoms with E-state index in [1.165, 1.54) is 18.9 Å². The minimum Gasteiger partial charge on any atom is -0.312 e. The van der Waals surface area contributed by atoms with Gasteiger partial charge in [0.15, 0.2) is 0 Å².